The molecule has 1 aromatic rings. The molecule has 0 aliphatic rings. The molecular weight excluding hydrogens is 290 g/mol. The summed E-state index contributed by atoms with van der Waals surface area (Å²) in [6.07, 6.45) is 2.92. The first-order valence-corrected chi connectivity index (χ1v) is 7.93. The summed E-state index contributed by atoms with van der Waals surface area (Å²) in [6.45, 7) is 4.56. The molecule has 1 rings (SSSR count). The first kappa shape index (κ1) is 17.7. The van der Waals surface area contributed by atoms with Gasteiger partial charge in [-0.15, -0.1) is 11.3 Å². The monoisotopic (exact) mass is 313 g/mol. The van der Waals surface area contributed by atoms with Crippen LogP contribution < -0.4 is 5.32 Å². The van der Waals surface area contributed by atoms with Gasteiger partial charge in [-0.3, -0.25) is 4.79 Å². The van der Waals surface area contributed by atoms with Crippen LogP contribution in [0, 0.1) is 6.92 Å². The van der Waals surface area contributed by atoms with Gasteiger partial charge >= 0.3 is 5.97 Å². The minimum Gasteiger partial charge on any atom is -0.480 e. The minimum absolute atomic E-state index is 0.310. The molecule has 0 spiro atoms. The highest BCUT2D eigenvalue weighted by Gasteiger charge is 2.21. The summed E-state index contributed by atoms with van der Waals surface area (Å²) in [5.41, 5.74) is 1.17. The van der Waals surface area contributed by atoms with Gasteiger partial charge in [0.1, 0.15) is 6.04 Å². The van der Waals surface area contributed by atoms with Crippen LogP contribution in [-0.2, 0) is 16.0 Å². The van der Waals surface area contributed by atoms with Crippen LogP contribution in [0.2, 0.25) is 0 Å². The van der Waals surface area contributed by atoms with Crippen LogP contribution >= 0.6 is 11.3 Å². The van der Waals surface area contributed by atoms with Crippen molar-refractivity contribution < 1.29 is 19.4 Å². The third kappa shape index (κ3) is 5.47. The summed E-state index contributed by atoms with van der Waals surface area (Å²) in [4.78, 5) is 25.0. The zero-order valence-electron chi connectivity index (χ0n) is 12.8. The highest BCUT2D eigenvalue weighted by molar-refractivity contribution is 7.14. The molecule has 0 bridgehead atoms. The van der Waals surface area contributed by atoms with E-state index >= 15 is 0 Å². The molecule has 1 unspecified atom stereocenters. The average Bonchev–Trinajstić information content (AvgIpc) is 2.79. The van der Waals surface area contributed by atoms with E-state index < -0.39 is 12.0 Å². The molecule has 1 aromatic heterocycles. The zero-order chi connectivity index (χ0) is 15.8. The van der Waals surface area contributed by atoms with Crippen LogP contribution in [0.4, 0.5) is 0 Å². The molecule has 21 heavy (non-hydrogen) atoms. The lowest BCUT2D eigenvalue weighted by Crippen LogP contribution is -2.40. The molecule has 1 atom stereocenters. The summed E-state index contributed by atoms with van der Waals surface area (Å²) in [5.74, 6) is -1.32. The Hall–Kier alpha value is -1.40. The van der Waals surface area contributed by atoms with E-state index in [0.717, 1.165) is 17.7 Å². The Balaban J connectivity index is 2.68. The number of amides is 1. The molecule has 0 fully saturated rings. The molecule has 1 amide bonds. The molecule has 0 aliphatic heterocycles. The van der Waals surface area contributed by atoms with Crippen LogP contribution in [0.15, 0.2) is 6.07 Å². The van der Waals surface area contributed by atoms with Crippen LogP contribution in [0.1, 0.15) is 46.3 Å². The largest absolute Gasteiger partial charge is 0.480 e. The smallest absolute Gasteiger partial charge is 0.326 e. The third-order valence-corrected chi connectivity index (χ3v) is 4.30. The highest BCUT2D eigenvalue weighted by atomic mass is 32.1. The van der Waals surface area contributed by atoms with E-state index in [9.17, 15) is 9.59 Å². The highest BCUT2D eigenvalue weighted by Crippen LogP contribution is 2.23. The molecule has 0 radical (unpaired) electrons. The van der Waals surface area contributed by atoms with Gasteiger partial charge in [-0.1, -0.05) is 13.3 Å². The van der Waals surface area contributed by atoms with Crippen molar-refractivity contribution in [1.29, 1.82) is 0 Å². The van der Waals surface area contributed by atoms with Gasteiger partial charge in [0.15, 0.2) is 0 Å². The van der Waals surface area contributed by atoms with E-state index in [1.54, 1.807) is 7.11 Å². The van der Waals surface area contributed by atoms with Crippen molar-refractivity contribution in [1.82, 2.24) is 5.32 Å². The summed E-state index contributed by atoms with van der Waals surface area (Å²) in [7, 11) is 1.57. The first-order chi connectivity index (χ1) is 9.99. The lowest BCUT2D eigenvalue weighted by Gasteiger charge is -2.13. The minimum atomic E-state index is -1.01. The van der Waals surface area contributed by atoms with Crippen molar-refractivity contribution in [3.05, 3.63) is 21.4 Å². The number of carbonyl (C=O) groups excluding carboxylic acids is 1. The van der Waals surface area contributed by atoms with E-state index in [0.29, 0.717) is 24.3 Å². The van der Waals surface area contributed by atoms with Crippen LogP contribution in [0.5, 0.6) is 0 Å². The number of carbonyl (C=O) groups is 2. The lowest BCUT2D eigenvalue weighted by atomic mass is 10.1. The first-order valence-electron chi connectivity index (χ1n) is 7.11. The molecule has 6 heteroatoms. The fourth-order valence-electron chi connectivity index (χ4n) is 2.07. The van der Waals surface area contributed by atoms with E-state index in [2.05, 4.69) is 12.2 Å². The van der Waals surface area contributed by atoms with Gasteiger partial charge in [0.05, 0.1) is 4.88 Å². The Bertz CT molecular complexity index is 484. The fourth-order valence-corrected chi connectivity index (χ4v) is 3.04. The number of rotatable bonds is 9. The van der Waals surface area contributed by atoms with Gasteiger partial charge in [0.2, 0.25) is 0 Å². The lowest BCUT2D eigenvalue weighted by molar-refractivity contribution is -0.139. The van der Waals surface area contributed by atoms with E-state index in [4.69, 9.17) is 9.84 Å². The Labute approximate surface area is 129 Å². The molecule has 0 saturated carbocycles. The predicted octanol–water partition coefficient (Wildman–Crippen LogP) is 2.62. The molecule has 0 aromatic carbocycles. The topological polar surface area (TPSA) is 75.6 Å². The predicted molar refractivity (Wildman–Crippen MR) is 83.1 cm³/mol. The number of nitrogens with one attached hydrogen (secondary N) is 1. The number of hydrogen-bond donors (Lipinski definition) is 2. The van der Waals surface area contributed by atoms with Crippen molar-refractivity contribution in [3.8, 4) is 0 Å². The number of methoxy groups -OCH3 is 1. The second-order valence-electron chi connectivity index (χ2n) is 4.94. The average molecular weight is 313 g/mol. The quantitative estimate of drug-likeness (QED) is 0.687. The number of aryl methyl sites for hydroxylation is 2. The number of ether oxygens (including phenoxy) is 1. The number of thiophene rings is 1. The Morgan fingerprint density at radius 3 is 2.76 bits per heavy atom. The molecule has 2 N–H and O–H groups in total. The van der Waals surface area contributed by atoms with Gasteiger partial charge in [0, 0.05) is 18.6 Å². The maximum absolute atomic E-state index is 12.2. The van der Waals surface area contributed by atoms with Crippen molar-refractivity contribution in [3.63, 3.8) is 0 Å². The molecule has 118 valence electrons. The van der Waals surface area contributed by atoms with Gasteiger partial charge < -0.3 is 15.2 Å². The second-order valence-corrected chi connectivity index (χ2v) is 6.20. The van der Waals surface area contributed by atoms with Crippen molar-refractivity contribution >= 4 is 23.2 Å². The van der Waals surface area contributed by atoms with Crippen LogP contribution in [0.3, 0.4) is 0 Å². The van der Waals surface area contributed by atoms with Gasteiger partial charge in [-0.05, 0) is 37.8 Å². The summed E-state index contributed by atoms with van der Waals surface area (Å²) < 4.78 is 4.90. The molecule has 0 saturated heterocycles. The normalized spacial score (nSPS) is 12.1. The molecular formula is C15H23NO4S. The molecule has 5 nitrogen and oxygen atoms in total. The van der Waals surface area contributed by atoms with Gasteiger partial charge in [0.25, 0.3) is 5.91 Å². The Morgan fingerprint density at radius 1 is 1.48 bits per heavy atom. The Morgan fingerprint density at radius 2 is 2.19 bits per heavy atom. The fraction of sp³-hybridized carbons (Fsp3) is 0.600. The number of carboxylic acid groups (broad SMARTS) is 1. The van der Waals surface area contributed by atoms with E-state index in [-0.39, 0.29) is 5.91 Å². The summed E-state index contributed by atoms with van der Waals surface area (Å²) in [5, 5.41) is 11.8. The molecule has 1 heterocycles. The maximum Gasteiger partial charge on any atom is 0.326 e. The van der Waals surface area contributed by atoms with E-state index in [1.807, 2.05) is 13.0 Å². The number of aliphatic carboxylic acids is 1. The maximum atomic E-state index is 12.2. The second kappa shape index (κ2) is 8.79. The van der Waals surface area contributed by atoms with Crippen LogP contribution in [-0.4, -0.2) is 36.7 Å². The molecule has 0 aliphatic carbocycles. The third-order valence-electron chi connectivity index (χ3n) is 3.21. The van der Waals surface area contributed by atoms with Crippen LogP contribution in [0.25, 0.3) is 0 Å². The van der Waals surface area contributed by atoms with Gasteiger partial charge in [-0.25, -0.2) is 4.79 Å². The zero-order valence-corrected chi connectivity index (χ0v) is 13.6. The van der Waals surface area contributed by atoms with Crippen molar-refractivity contribution in [2.75, 3.05) is 13.7 Å². The SMILES string of the molecule is CCCc1cc(C(=O)NC(CCCOC)C(=O)O)sc1C. The van der Waals surface area contributed by atoms with E-state index in [1.165, 1.54) is 16.9 Å². The van der Waals surface area contributed by atoms with Gasteiger partial charge in [-0.2, -0.15) is 0 Å². The number of hydrogen-bond acceptors (Lipinski definition) is 4. The summed E-state index contributed by atoms with van der Waals surface area (Å²) in [6, 6.07) is 0.997. The van der Waals surface area contributed by atoms with Crippen molar-refractivity contribution in [2.45, 2.75) is 45.6 Å². The standard InChI is InChI=1S/C15H23NO4S/c1-4-6-11-9-13(21-10(11)2)14(17)16-12(15(18)19)7-5-8-20-3/h9,12H,4-8H2,1-3H3,(H,16,17)(H,18,19). The van der Waals surface area contributed by atoms with Crippen molar-refractivity contribution in [2.24, 2.45) is 0 Å². The number of carboxylic acids is 1. The summed E-state index contributed by atoms with van der Waals surface area (Å²) >= 11 is 1.41. The Kier molecular flexibility index (Phi) is 7.39.